The largest absolute Gasteiger partial charge is 0.322 e. The van der Waals surface area contributed by atoms with Crippen molar-refractivity contribution in [1.29, 1.82) is 0 Å². The van der Waals surface area contributed by atoms with Gasteiger partial charge in [-0.2, -0.15) is 0 Å². The van der Waals surface area contributed by atoms with Gasteiger partial charge in [-0.15, -0.1) is 24.8 Å². The van der Waals surface area contributed by atoms with Crippen LogP contribution in [-0.4, -0.2) is 9.55 Å². The second kappa shape index (κ2) is 6.89. The Morgan fingerprint density at radius 1 is 1.10 bits per heavy atom. The highest BCUT2D eigenvalue weighted by Gasteiger charge is 2.15. The number of nitrogens with two attached hydrogens (primary N) is 1. The second-order valence-corrected chi connectivity index (χ2v) is 4.56. The normalized spacial score (nSPS) is 11.6. The van der Waals surface area contributed by atoms with E-state index >= 15 is 0 Å². The van der Waals surface area contributed by atoms with E-state index in [9.17, 15) is 4.39 Å². The Bertz CT molecular complexity index is 726. The fourth-order valence-electron chi connectivity index (χ4n) is 2.22. The molecule has 0 aliphatic heterocycles. The highest BCUT2D eigenvalue weighted by Crippen LogP contribution is 2.24. The van der Waals surface area contributed by atoms with E-state index in [1.54, 1.807) is 6.07 Å². The van der Waals surface area contributed by atoms with E-state index in [0.29, 0.717) is 0 Å². The van der Waals surface area contributed by atoms with Gasteiger partial charge in [-0.25, -0.2) is 9.37 Å². The van der Waals surface area contributed by atoms with Gasteiger partial charge in [0.15, 0.2) is 0 Å². The molecule has 0 spiro atoms. The summed E-state index contributed by atoms with van der Waals surface area (Å²) in [6.07, 6.45) is 0. The Labute approximate surface area is 134 Å². The molecule has 3 aromatic rings. The summed E-state index contributed by atoms with van der Waals surface area (Å²) in [6, 6.07) is 14.1. The maximum absolute atomic E-state index is 13.5. The number of rotatable bonds is 2. The topological polar surface area (TPSA) is 43.8 Å². The third-order valence-electron chi connectivity index (χ3n) is 3.06. The van der Waals surface area contributed by atoms with Gasteiger partial charge >= 0.3 is 0 Å². The van der Waals surface area contributed by atoms with E-state index in [1.807, 2.05) is 41.8 Å². The molecule has 3 rings (SSSR count). The van der Waals surface area contributed by atoms with Crippen LogP contribution < -0.4 is 5.73 Å². The van der Waals surface area contributed by atoms with Crippen molar-refractivity contribution in [1.82, 2.24) is 9.55 Å². The summed E-state index contributed by atoms with van der Waals surface area (Å²) in [4.78, 5) is 4.50. The number of imidazole rings is 1. The molecule has 0 amide bonds. The van der Waals surface area contributed by atoms with E-state index in [4.69, 9.17) is 5.73 Å². The molecule has 1 heterocycles. The average molecular weight is 328 g/mol. The van der Waals surface area contributed by atoms with Gasteiger partial charge in [0, 0.05) is 11.8 Å². The van der Waals surface area contributed by atoms with Crippen molar-refractivity contribution in [3.63, 3.8) is 0 Å². The molecule has 1 atom stereocenters. The van der Waals surface area contributed by atoms with Crippen molar-refractivity contribution in [2.45, 2.75) is 13.0 Å². The van der Waals surface area contributed by atoms with Crippen LogP contribution >= 0.6 is 24.8 Å². The van der Waals surface area contributed by atoms with Crippen LogP contribution in [0.2, 0.25) is 0 Å². The number of halogens is 3. The average Bonchev–Trinajstić information content (AvgIpc) is 2.78. The third-order valence-corrected chi connectivity index (χ3v) is 3.06. The fraction of sp³-hybridized carbons (Fsp3) is 0.133. The zero-order valence-corrected chi connectivity index (χ0v) is 13.0. The van der Waals surface area contributed by atoms with E-state index in [1.165, 1.54) is 12.1 Å². The molecule has 0 bridgehead atoms. The van der Waals surface area contributed by atoms with Crippen LogP contribution in [0.4, 0.5) is 4.39 Å². The van der Waals surface area contributed by atoms with Gasteiger partial charge in [0.2, 0.25) is 0 Å². The van der Waals surface area contributed by atoms with Gasteiger partial charge in [0.25, 0.3) is 0 Å². The molecular formula is C15H16Cl2FN3. The van der Waals surface area contributed by atoms with Gasteiger partial charge in [-0.1, -0.05) is 18.2 Å². The number of fused-ring (bicyclic) bond motifs is 1. The van der Waals surface area contributed by atoms with E-state index in [0.717, 1.165) is 22.5 Å². The summed E-state index contributed by atoms with van der Waals surface area (Å²) in [5, 5.41) is 0. The first-order chi connectivity index (χ1) is 9.16. The van der Waals surface area contributed by atoms with Crippen LogP contribution in [0.15, 0.2) is 48.5 Å². The number of aromatic nitrogens is 2. The zero-order valence-electron chi connectivity index (χ0n) is 11.4. The van der Waals surface area contributed by atoms with Gasteiger partial charge in [0.1, 0.15) is 11.6 Å². The van der Waals surface area contributed by atoms with Gasteiger partial charge in [0.05, 0.1) is 17.1 Å². The summed E-state index contributed by atoms with van der Waals surface area (Å²) >= 11 is 0. The lowest BCUT2D eigenvalue weighted by molar-refractivity contribution is 0.629. The smallest absolute Gasteiger partial charge is 0.131 e. The van der Waals surface area contributed by atoms with Crippen LogP contribution in [0.25, 0.3) is 16.7 Å². The number of nitrogens with zero attached hydrogens (tertiary/aromatic N) is 2. The molecule has 0 saturated carbocycles. The number of hydrogen-bond acceptors (Lipinski definition) is 2. The highest BCUT2D eigenvalue weighted by molar-refractivity contribution is 5.85. The van der Waals surface area contributed by atoms with Crippen molar-refractivity contribution < 1.29 is 4.39 Å². The minimum Gasteiger partial charge on any atom is -0.322 e. The standard InChI is InChI=1S/C15H14FN3.2ClH/c1-10(17)15-18-13-8-7-11(16)9-14(13)19(15)12-5-3-2-4-6-12;;/h2-10H,17H2,1H3;2*1H/t10-;;/m0../s1. The minimum absolute atomic E-state index is 0. The molecule has 2 N–H and O–H groups in total. The van der Waals surface area contributed by atoms with Crippen LogP contribution in [0, 0.1) is 5.82 Å². The molecular weight excluding hydrogens is 312 g/mol. The molecule has 0 radical (unpaired) electrons. The molecule has 0 saturated heterocycles. The molecule has 112 valence electrons. The summed E-state index contributed by atoms with van der Waals surface area (Å²) in [5.74, 6) is 0.451. The maximum Gasteiger partial charge on any atom is 0.131 e. The van der Waals surface area contributed by atoms with Crippen LogP contribution in [0.5, 0.6) is 0 Å². The number of hydrogen-bond donors (Lipinski definition) is 1. The first kappa shape index (κ1) is 17.4. The number of para-hydroxylation sites is 1. The predicted octanol–water partition coefficient (Wildman–Crippen LogP) is 4.03. The van der Waals surface area contributed by atoms with E-state index < -0.39 is 0 Å². The van der Waals surface area contributed by atoms with Crippen molar-refractivity contribution >= 4 is 35.8 Å². The molecule has 0 fully saturated rings. The van der Waals surface area contributed by atoms with Crippen LogP contribution in [0.3, 0.4) is 0 Å². The maximum atomic E-state index is 13.5. The molecule has 0 unspecified atom stereocenters. The van der Waals surface area contributed by atoms with E-state index in [-0.39, 0.29) is 36.7 Å². The molecule has 0 aliphatic carbocycles. The SMILES string of the molecule is C[C@H](N)c1nc2ccc(F)cc2n1-c1ccccc1.Cl.Cl. The quantitative estimate of drug-likeness (QED) is 0.772. The van der Waals surface area contributed by atoms with Crippen LogP contribution in [0.1, 0.15) is 18.8 Å². The predicted molar refractivity (Wildman–Crippen MR) is 88.1 cm³/mol. The zero-order chi connectivity index (χ0) is 13.4. The first-order valence-electron chi connectivity index (χ1n) is 6.16. The Hall–Kier alpha value is -1.62. The second-order valence-electron chi connectivity index (χ2n) is 4.56. The number of benzene rings is 2. The first-order valence-corrected chi connectivity index (χ1v) is 6.16. The monoisotopic (exact) mass is 327 g/mol. The van der Waals surface area contributed by atoms with Crippen molar-refractivity contribution in [2.24, 2.45) is 5.73 Å². The van der Waals surface area contributed by atoms with Gasteiger partial charge in [-0.3, -0.25) is 4.57 Å². The summed E-state index contributed by atoms with van der Waals surface area (Å²) < 4.78 is 15.4. The summed E-state index contributed by atoms with van der Waals surface area (Å²) in [7, 11) is 0. The Kier molecular flexibility index (Phi) is 5.72. The molecule has 0 aliphatic rings. The van der Waals surface area contributed by atoms with Crippen molar-refractivity contribution in [3.8, 4) is 5.69 Å². The van der Waals surface area contributed by atoms with Crippen molar-refractivity contribution in [3.05, 3.63) is 60.2 Å². The van der Waals surface area contributed by atoms with E-state index in [2.05, 4.69) is 4.98 Å². The van der Waals surface area contributed by atoms with Crippen molar-refractivity contribution in [2.75, 3.05) is 0 Å². The molecule has 3 nitrogen and oxygen atoms in total. The third kappa shape index (κ3) is 3.18. The molecule has 6 heteroatoms. The highest BCUT2D eigenvalue weighted by atomic mass is 35.5. The molecule has 21 heavy (non-hydrogen) atoms. The molecule has 2 aromatic carbocycles. The van der Waals surface area contributed by atoms with Gasteiger partial charge in [-0.05, 0) is 31.2 Å². The van der Waals surface area contributed by atoms with Crippen LogP contribution in [-0.2, 0) is 0 Å². The summed E-state index contributed by atoms with van der Waals surface area (Å²) in [6.45, 7) is 1.87. The fourth-order valence-corrected chi connectivity index (χ4v) is 2.22. The lowest BCUT2D eigenvalue weighted by Gasteiger charge is -2.11. The summed E-state index contributed by atoms with van der Waals surface area (Å²) in [5.41, 5.74) is 8.39. The lowest BCUT2D eigenvalue weighted by atomic mass is 10.2. The van der Waals surface area contributed by atoms with Gasteiger partial charge < -0.3 is 5.73 Å². The Morgan fingerprint density at radius 3 is 2.38 bits per heavy atom. The Balaban J connectivity index is 0.00000110. The lowest BCUT2D eigenvalue weighted by Crippen LogP contribution is -2.12. The molecule has 1 aromatic heterocycles. The Morgan fingerprint density at radius 2 is 1.76 bits per heavy atom. The minimum atomic E-state index is -0.277.